The van der Waals surface area contributed by atoms with Gasteiger partial charge in [-0.1, -0.05) is 18.2 Å². The second-order valence-corrected chi connectivity index (χ2v) is 8.64. The first kappa shape index (κ1) is 12.6. The fourth-order valence-corrected chi connectivity index (χ4v) is 4.07. The van der Waals surface area contributed by atoms with Crippen LogP contribution in [0.4, 0.5) is 0 Å². The zero-order valence-corrected chi connectivity index (χ0v) is 9.79. The first-order chi connectivity index (χ1) is 6.59. The quantitative estimate of drug-likeness (QED) is 0.619. The first-order valence-corrected chi connectivity index (χ1v) is 7.82. The van der Waals surface area contributed by atoms with Gasteiger partial charge in [0, 0.05) is 12.5 Å². The molecule has 15 heavy (non-hydrogen) atoms. The average Bonchev–Trinajstić information content (AvgIpc) is 2.00. The van der Waals surface area contributed by atoms with E-state index >= 15 is 0 Å². The number of halogens is 1. The van der Waals surface area contributed by atoms with Crippen molar-refractivity contribution in [3.05, 3.63) is 30.3 Å². The summed E-state index contributed by atoms with van der Waals surface area (Å²) in [5.41, 5.74) is 0. The molecule has 0 unspecified atom stereocenters. The Hall–Kier alpha value is -0.500. The van der Waals surface area contributed by atoms with Gasteiger partial charge in [-0.15, -0.1) is 0 Å². The van der Waals surface area contributed by atoms with Gasteiger partial charge < -0.3 is 0 Å². The maximum absolute atomic E-state index is 12.2. The lowest BCUT2D eigenvalue weighted by molar-refractivity contribution is -1.91. The maximum Gasteiger partial charge on any atom is 0.194 e. The molecule has 7 heteroatoms. The van der Waals surface area contributed by atoms with E-state index in [1.165, 1.54) is 12.1 Å². The Labute approximate surface area is 89.6 Å². The number of hydrogen-bond acceptors (Lipinski definition) is 5. The van der Waals surface area contributed by atoms with Crippen LogP contribution in [0.15, 0.2) is 35.2 Å². The molecule has 0 bridgehead atoms. The van der Waals surface area contributed by atoms with E-state index in [2.05, 4.69) is 3.74 Å². The molecular formula is C8H11ClO5S. The molecular weight excluding hydrogens is 244 g/mol. The highest BCUT2D eigenvalue weighted by molar-refractivity contribution is 8.14. The van der Waals surface area contributed by atoms with Gasteiger partial charge in [0.15, 0.2) is 3.74 Å². The van der Waals surface area contributed by atoms with Gasteiger partial charge in [-0.25, -0.2) is 0 Å². The van der Waals surface area contributed by atoms with Crippen LogP contribution < -0.4 is 14.0 Å². The monoisotopic (exact) mass is 254 g/mol. The summed E-state index contributed by atoms with van der Waals surface area (Å²) in [6.45, 7) is 0. The van der Waals surface area contributed by atoms with Crippen molar-refractivity contribution in [3.8, 4) is 0 Å². The van der Waals surface area contributed by atoms with Gasteiger partial charge in [-0.2, -0.15) is 18.2 Å². The first-order valence-electron chi connectivity index (χ1n) is 3.88. The third-order valence-electron chi connectivity index (χ3n) is 1.67. The molecule has 0 aliphatic rings. The second-order valence-electron chi connectivity index (χ2n) is 3.47. The molecule has 1 aromatic rings. The highest BCUT2D eigenvalue weighted by Crippen LogP contribution is 2.32. The van der Waals surface area contributed by atoms with Crippen LogP contribution in [0.2, 0.25) is 0 Å². The van der Waals surface area contributed by atoms with Gasteiger partial charge in [-0.3, -0.25) is 0 Å². The summed E-state index contributed by atoms with van der Waals surface area (Å²) < 4.78 is 47.7. The standard InChI is InChI=1S/C8H11ClO5S/c1-15(2,13,14-9(10,11)12)8-6-4-3-5-7-8/h3-7H,1-2H3. The van der Waals surface area contributed by atoms with Crippen LogP contribution in [-0.2, 0) is 13.1 Å². The molecule has 5 nitrogen and oxygen atoms in total. The van der Waals surface area contributed by atoms with Crippen molar-refractivity contribution in [2.24, 2.45) is 0 Å². The average molecular weight is 255 g/mol. The van der Waals surface area contributed by atoms with E-state index in [1.807, 2.05) is 0 Å². The summed E-state index contributed by atoms with van der Waals surface area (Å²) in [5.74, 6) is 0. The molecule has 0 aliphatic carbocycles. The predicted octanol–water partition coefficient (Wildman–Crippen LogP) is -2.05. The zero-order chi connectivity index (χ0) is 11.8. The summed E-state index contributed by atoms with van der Waals surface area (Å²) in [7, 11) is -8.81. The molecule has 0 aromatic heterocycles. The second kappa shape index (κ2) is 3.51. The molecule has 0 fully saturated rings. The molecule has 0 heterocycles. The van der Waals surface area contributed by atoms with E-state index < -0.39 is 19.6 Å². The Bertz CT molecular complexity index is 405. The maximum atomic E-state index is 12.2. The Morgan fingerprint density at radius 3 is 2.00 bits per heavy atom. The van der Waals surface area contributed by atoms with Crippen LogP contribution in [0.3, 0.4) is 0 Å². The normalized spacial score (nSPS) is 15.7. The molecule has 0 N–H and O–H groups in total. The Kier molecular flexibility index (Phi) is 2.94. The predicted molar refractivity (Wildman–Crippen MR) is 45.8 cm³/mol. The third-order valence-corrected chi connectivity index (χ3v) is 5.35. The summed E-state index contributed by atoms with van der Waals surface area (Å²) in [5, 5.41) is 0. The van der Waals surface area contributed by atoms with Crippen LogP contribution in [0, 0.1) is 10.2 Å². The molecule has 0 amide bonds. The molecule has 0 saturated carbocycles. The molecule has 0 atom stereocenters. The largest absolute Gasteiger partial charge is 0.194 e. The highest BCUT2D eigenvalue weighted by atomic mass is 35.7. The Balaban J connectivity index is 3.16. The third kappa shape index (κ3) is 3.53. The van der Waals surface area contributed by atoms with Gasteiger partial charge in [0.2, 0.25) is 0 Å². The van der Waals surface area contributed by atoms with Crippen LogP contribution >= 0.6 is 0 Å². The smallest absolute Gasteiger partial charge is 0.191 e. The summed E-state index contributed by atoms with van der Waals surface area (Å²) in [6, 6.07) is 7.71. The van der Waals surface area contributed by atoms with Gasteiger partial charge in [-0.05, 0) is 21.5 Å². The molecule has 1 aromatic carbocycles. The molecule has 0 radical (unpaired) electrons. The molecule has 1 rings (SSSR count). The molecule has 0 aliphatic heterocycles. The summed E-state index contributed by atoms with van der Waals surface area (Å²) in [6.07, 6.45) is 2.18. The van der Waals surface area contributed by atoms with Gasteiger partial charge in [0.05, 0.1) is 4.90 Å². The summed E-state index contributed by atoms with van der Waals surface area (Å²) in [4.78, 5) is 0.168. The van der Waals surface area contributed by atoms with Crippen LogP contribution in [-0.4, -0.2) is 16.7 Å². The minimum absolute atomic E-state index is 0.168. The topological polar surface area (TPSA) is 95.5 Å². The molecule has 0 saturated heterocycles. The summed E-state index contributed by atoms with van der Waals surface area (Å²) >= 11 is 0. The number of hydrogen-bond donors (Lipinski definition) is 0. The van der Waals surface area contributed by atoms with Crippen molar-refractivity contribution in [3.63, 3.8) is 0 Å². The van der Waals surface area contributed by atoms with Crippen molar-refractivity contribution in [1.29, 1.82) is 0 Å². The van der Waals surface area contributed by atoms with Gasteiger partial charge in [0.1, 0.15) is 10.2 Å². The van der Waals surface area contributed by atoms with E-state index in [0.717, 1.165) is 12.5 Å². The van der Waals surface area contributed by atoms with Crippen molar-refractivity contribution in [2.75, 3.05) is 12.5 Å². The van der Waals surface area contributed by atoms with Gasteiger partial charge in [0.25, 0.3) is 0 Å². The minimum Gasteiger partial charge on any atom is -0.191 e. The number of rotatable bonds is 3. The Morgan fingerprint density at radius 2 is 1.60 bits per heavy atom. The van der Waals surface area contributed by atoms with Crippen LogP contribution in [0.1, 0.15) is 0 Å². The van der Waals surface area contributed by atoms with E-state index in [9.17, 15) is 18.2 Å². The number of benzene rings is 1. The van der Waals surface area contributed by atoms with Crippen molar-refractivity contribution < 1.29 is 32.2 Å². The Morgan fingerprint density at radius 1 is 1.13 bits per heavy atom. The van der Waals surface area contributed by atoms with E-state index in [4.69, 9.17) is 0 Å². The van der Waals surface area contributed by atoms with Crippen molar-refractivity contribution in [2.45, 2.75) is 4.90 Å². The lowest BCUT2D eigenvalue weighted by Gasteiger charge is -2.34. The lowest BCUT2D eigenvalue weighted by Crippen LogP contribution is -2.64. The van der Waals surface area contributed by atoms with E-state index in [1.54, 1.807) is 18.2 Å². The molecule has 86 valence electrons. The zero-order valence-electron chi connectivity index (χ0n) is 8.21. The fourth-order valence-electron chi connectivity index (χ4n) is 1.06. The molecule has 0 spiro atoms. The SMILES string of the molecule is CS(C)(=O)(O[Cl+3]([O-])([O-])[O-])c1ccccc1. The van der Waals surface area contributed by atoms with E-state index in [-0.39, 0.29) is 4.90 Å². The fraction of sp³-hybridized carbons (Fsp3) is 0.250. The highest BCUT2D eigenvalue weighted by Gasteiger charge is 2.39. The lowest BCUT2D eigenvalue weighted by atomic mass is 10.4. The van der Waals surface area contributed by atoms with Crippen LogP contribution in [0.5, 0.6) is 0 Å². The van der Waals surface area contributed by atoms with Crippen LogP contribution in [0.25, 0.3) is 0 Å². The van der Waals surface area contributed by atoms with Crippen molar-refractivity contribution >= 4 is 9.35 Å². The van der Waals surface area contributed by atoms with Crippen molar-refractivity contribution in [1.82, 2.24) is 0 Å². The minimum atomic E-state index is -4.72. The van der Waals surface area contributed by atoms with E-state index in [0.29, 0.717) is 0 Å². The van der Waals surface area contributed by atoms with Gasteiger partial charge >= 0.3 is 0 Å².